The number of rotatable bonds is 10. The Kier molecular flexibility index (Phi) is 8.96. The van der Waals surface area contributed by atoms with Crippen LogP contribution in [0, 0.1) is 0 Å². The maximum atomic E-state index is 5.94. The fraction of sp³-hybridized carbons (Fsp3) is 1.00. The predicted octanol–water partition coefficient (Wildman–Crippen LogP) is 3.41. The lowest BCUT2D eigenvalue weighted by Gasteiger charge is -2.38. The highest BCUT2D eigenvalue weighted by Crippen LogP contribution is 2.21. The molecule has 0 radical (unpaired) electrons. The van der Waals surface area contributed by atoms with E-state index in [2.05, 4.69) is 32.7 Å². The quantitative estimate of drug-likeness (QED) is 0.581. The van der Waals surface area contributed by atoms with Gasteiger partial charge in [-0.3, -0.25) is 4.90 Å². The Bertz CT molecular complexity index is 159. The number of unbranched alkanes of at least 4 members (excludes halogenated alkanes) is 4. The molecule has 0 aliphatic heterocycles. The molecule has 0 aliphatic carbocycles. The van der Waals surface area contributed by atoms with Crippen molar-refractivity contribution in [2.24, 2.45) is 5.73 Å². The highest BCUT2D eigenvalue weighted by Gasteiger charge is 2.26. The van der Waals surface area contributed by atoms with Crippen molar-refractivity contribution in [1.29, 1.82) is 0 Å². The Labute approximate surface area is 103 Å². The topological polar surface area (TPSA) is 29.3 Å². The van der Waals surface area contributed by atoms with Crippen LogP contribution in [0.25, 0.3) is 0 Å². The third kappa shape index (κ3) is 5.86. The molecule has 0 aromatic carbocycles. The summed E-state index contributed by atoms with van der Waals surface area (Å²) in [7, 11) is 2.21. The van der Waals surface area contributed by atoms with Crippen molar-refractivity contribution in [3.8, 4) is 0 Å². The van der Waals surface area contributed by atoms with E-state index in [4.69, 9.17) is 5.73 Å². The minimum Gasteiger partial charge on any atom is -0.329 e. The average molecular weight is 228 g/mol. The van der Waals surface area contributed by atoms with Crippen molar-refractivity contribution >= 4 is 0 Å². The zero-order valence-electron chi connectivity index (χ0n) is 11.9. The summed E-state index contributed by atoms with van der Waals surface area (Å²) in [6, 6.07) is 0. The number of nitrogens with zero attached hydrogens (tertiary/aromatic N) is 1. The molecule has 0 aromatic heterocycles. The van der Waals surface area contributed by atoms with E-state index >= 15 is 0 Å². The van der Waals surface area contributed by atoms with Gasteiger partial charge in [0.1, 0.15) is 0 Å². The van der Waals surface area contributed by atoms with Gasteiger partial charge in [-0.1, -0.05) is 46.0 Å². The average Bonchev–Trinajstić information content (AvgIpc) is 2.28. The molecule has 0 spiro atoms. The Hall–Kier alpha value is -0.0800. The molecule has 1 atom stereocenters. The Morgan fingerprint density at radius 3 is 2.12 bits per heavy atom. The molecule has 0 saturated carbocycles. The number of hydrogen-bond acceptors (Lipinski definition) is 2. The summed E-state index contributed by atoms with van der Waals surface area (Å²) in [6.45, 7) is 8.73. The fourth-order valence-corrected chi connectivity index (χ4v) is 2.16. The van der Waals surface area contributed by atoms with E-state index in [0.717, 1.165) is 13.1 Å². The van der Waals surface area contributed by atoms with Gasteiger partial charge in [0.25, 0.3) is 0 Å². The summed E-state index contributed by atoms with van der Waals surface area (Å²) < 4.78 is 0. The molecule has 0 fully saturated rings. The minimum absolute atomic E-state index is 0.211. The van der Waals surface area contributed by atoms with Crippen molar-refractivity contribution in [3.05, 3.63) is 0 Å². The van der Waals surface area contributed by atoms with E-state index in [1.165, 1.54) is 44.9 Å². The zero-order valence-corrected chi connectivity index (χ0v) is 11.9. The monoisotopic (exact) mass is 228 g/mol. The second-order valence-electron chi connectivity index (χ2n) is 5.29. The maximum Gasteiger partial charge on any atom is 0.0300 e. The lowest BCUT2D eigenvalue weighted by molar-refractivity contribution is 0.130. The zero-order chi connectivity index (χ0) is 12.4. The molecular formula is C14H32N2. The lowest BCUT2D eigenvalue weighted by atomic mass is 9.92. The lowest BCUT2D eigenvalue weighted by Crippen LogP contribution is -2.49. The molecule has 2 N–H and O–H groups in total. The van der Waals surface area contributed by atoms with Crippen LogP contribution in [0.2, 0.25) is 0 Å². The van der Waals surface area contributed by atoms with Crippen LogP contribution >= 0.6 is 0 Å². The van der Waals surface area contributed by atoms with Crippen molar-refractivity contribution in [3.63, 3.8) is 0 Å². The molecule has 1 unspecified atom stereocenters. The molecule has 0 aliphatic rings. The smallest absolute Gasteiger partial charge is 0.0300 e. The van der Waals surface area contributed by atoms with E-state index in [9.17, 15) is 0 Å². The predicted molar refractivity (Wildman–Crippen MR) is 73.8 cm³/mol. The van der Waals surface area contributed by atoms with Gasteiger partial charge in [0.05, 0.1) is 0 Å². The third-order valence-electron chi connectivity index (χ3n) is 3.74. The van der Waals surface area contributed by atoms with Gasteiger partial charge in [0.2, 0.25) is 0 Å². The maximum absolute atomic E-state index is 5.94. The molecule has 98 valence electrons. The van der Waals surface area contributed by atoms with Gasteiger partial charge in [0, 0.05) is 12.1 Å². The van der Waals surface area contributed by atoms with Crippen LogP contribution in [-0.4, -0.2) is 30.6 Å². The summed E-state index contributed by atoms with van der Waals surface area (Å²) in [5.74, 6) is 0. The first kappa shape index (κ1) is 15.9. The number of likely N-dealkylation sites (N-methyl/N-ethyl adjacent to an activating group) is 1. The van der Waals surface area contributed by atoms with Gasteiger partial charge < -0.3 is 5.73 Å². The summed E-state index contributed by atoms with van der Waals surface area (Å²) in [5, 5.41) is 0. The van der Waals surface area contributed by atoms with Crippen molar-refractivity contribution < 1.29 is 0 Å². The van der Waals surface area contributed by atoms with E-state index < -0.39 is 0 Å². The van der Waals surface area contributed by atoms with Crippen LogP contribution in [0.5, 0.6) is 0 Å². The van der Waals surface area contributed by atoms with Gasteiger partial charge in [0.15, 0.2) is 0 Å². The van der Waals surface area contributed by atoms with E-state index in [1.807, 2.05) is 0 Å². The Morgan fingerprint density at radius 2 is 1.62 bits per heavy atom. The van der Waals surface area contributed by atoms with Crippen LogP contribution in [0.3, 0.4) is 0 Å². The number of hydrogen-bond donors (Lipinski definition) is 1. The van der Waals surface area contributed by atoms with Gasteiger partial charge in [-0.25, -0.2) is 0 Å². The van der Waals surface area contributed by atoms with Gasteiger partial charge in [-0.05, 0) is 33.4 Å². The van der Waals surface area contributed by atoms with Crippen LogP contribution in [0.4, 0.5) is 0 Å². The van der Waals surface area contributed by atoms with Gasteiger partial charge in [-0.2, -0.15) is 0 Å². The first-order chi connectivity index (χ1) is 7.60. The van der Waals surface area contributed by atoms with E-state index in [1.54, 1.807) is 0 Å². The normalized spacial score (nSPS) is 15.4. The SMILES string of the molecule is CCCCCCCC(C)(CN)N(C)CCC. The highest BCUT2D eigenvalue weighted by molar-refractivity contribution is 4.85. The first-order valence-electron chi connectivity index (χ1n) is 7.02. The fourth-order valence-electron chi connectivity index (χ4n) is 2.16. The van der Waals surface area contributed by atoms with Crippen LogP contribution in [0.15, 0.2) is 0 Å². The summed E-state index contributed by atoms with van der Waals surface area (Å²) in [6.07, 6.45) is 9.22. The van der Waals surface area contributed by atoms with E-state index in [0.29, 0.717) is 0 Å². The second kappa shape index (κ2) is 9.00. The summed E-state index contributed by atoms with van der Waals surface area (Å²) in [4.78, 5) is 2.44. The largest absolute Gasteiger partial charge is 0.329 e. The number of nitrogens with two attached hydrogens (primary N) is 1. The molecule has 16 heavy (non-hydrogen) atoms. The molecule has 0 rings (SSSR count). The molecule has 0 heterocycles. The second-order valence-corrected chi connectivity index (χ2v) is 5.29. The third-order valence-corrected chi connectivity index (χ3v) is 3.74. The molecule has 2 heteroatoms. The minimum atomic E-state index is 0.211. The molecule has 0 bridgehead atoms. The van der Waals surface area contributed by atoms with E-state index in [-0.39, 0.29) is 5.54 Å². The standard InChI is InChI=1S/C14H32N2/c1-5-7-8-9-10-11-14(3,13-15)16(4)12-6-2/h5-13,15H2,1-4H3. The Balaban J connectivity index is 3.86. The van der Waals surface area contributed by atoms with Crippen molar-refractivity contribution in [2.75, 3.05) is 20.1 Å². The molecular weight excluding hydrogens is 196 g/mol. The molecule has 0 saturated heterocycles. The van der Waals surface area contributed by atoms with Crippen LogP contribution < -0.4 is 5.73 Å². The molecule has 0 amide bonds. The van der Waals surface area contributed by atoms with Gasteiger partial charge >= 0.3 is 0 Å². The van der Waals surface area contributed by atoms with Gasteiger partial charge in [-0.15, -0.1) is 0 Å². The molecule has 0 aromatic rings. The first-order valence-corrected chi connectivity index (χ1v) is 7.02. The highest BCUT2D eigenvalue weighted by atomic mass is 15.2. The summed E-state index contributed by atoms with van der Waals surface area (Å²) >= 11 is 0. The summed E-state index contributed by atoms with van der Waals surface area (Å²) in [5.41, 5.74) is 6.15. The van der Waals surface area contributed by atoms with Crippen molar-refractivity contribution in [2.45, 2.75) is 71.3 Å². The molecule has 2 nitrogen and oxygen atoms in total. The van der Waals surface area contributed by atoms with Crippen molar-refractivity contribution in [1.82, 2.24) is 4.90 Å². The Morgan fingerprint density at radius 1 is 1.00 bits per heavy atom. The van der Waals surface area contributed by atoms with Crippen LogP contribution in [0.1, 0.15) is 65.7 Å². The van der Waals surface area contributed by atoms with Crippen LogP contribution in [-0.2, 0) is 0 Å².